The predicted octanol–water partition coefficient (Wildman–Crippen LogP) is 2.16. The lowest BCUT2D eigenvalue weighted by Crippen LogP contribution is -2.05. The maximum Gasteiger partial charge on any atom is 0.352 e. The average molecular weight is 225 g/mol. The van der Waals surface area contributed by atoms with E-state index in [1.165, 1.54) is 0 Å². The maximum absolute atomic E-state index is 12.9. The first-order valence-electron chi connectivity index (χ1n) is 3.46. The minimum atomic E-state index is -2.25. The fourth-order valence-corrected chi connectivity index (χ4v) is 0.949. The van der Waals surface area contributed by atoms with Gasteiger partial charge in [0.05, 0.1) is 12.0 Å². The largest absolute Gasteiger partial charge is 0.488 e. The molecule has 0 aliphatic rings. The Balaban J connectivity index is 3.70. The van der Waals surface area contributed by atoms with Crippen LogP contribution in [0.25, 0.3) is 0 Å². The molecule has 0 radical (unpaired) electrons. The van der Waals surface area contributed by atoms with Crippen molar-refractivity contribution in [1.29, 1.82) is 0 Å². The Morgan fingerprint density at radius 1 is 1.07 bits per heavy atom. The smallest absolute Gasteiger partial charge is 0.352 e. The molecule has 1 aromatic rings. The topological polar surface area (TPSA) is 52.4 Å². The van der Waals surface area contributed by atoms with Crippen LogP contribution in [0.4, 0.5) is 23.2 Å². The Labute approximate surface area is 80.2 Å². The average Bonchev–Trinajstić information content (AvgIpc) is 2.19. The summed E-state index contributed by atoms with van der Waals surface area (Å²) in [5.41, 5.74) is -1.58. The molecule has 0 unspecified atom stereocenters. The molecule has 0 saturated carbocycles. The van der Waals surface area contributed by atoms with Gasteiger partial charge >= 0.3 is 5.69 Å². The number of benzene rings is 1. The van der Waals surface area contributed by atoms with Crippen LogP contribution in [-0.2, 0) is 0 Å². The highest BCUT2D eigenvalue weighted by Gasteiger charge is 2.33. The van der Waals surface area contributed by atoms with Crippen LogP contribution in [0, 0.1) is 33.4 Å². The van der Waals surface area contributed by atoms with Gasteiger partial charge in [-0.05, 0) is 0 Å². The fourth-order valence-electron chi connectivity index (χ4n) is 0.949. The van der Waals surface area contributed by atoms with E-state index in [9.17, 15) is 27.7 Å². The number of nitro groups is 1. The van der Waals surface area contributed by atoms with Gasteiger partial charge in [-0.15, -0.1) is 0 Å². The maximum atomic E-state index is 12.9. The second kappa shape index (κ2) is 3.71. The minimum Gasteiger partial charge on any atom is -0.488 e. The highest BCUT2D eigenvalue weighted by molar-refractivity contribution is 5.49. The molecule has 0 spiro atoms. The number of methoxy groups -OCH3 is 1. The number of hydrogen-bond donors (Lipinski definition) is 0. The van der Waals surface area contributed by atoms with Crippen LogP contribution in [0.1, 0.15) is 0 Å². The van der Waals surface area contributed by atoms with Gasteiger partial charge in [-0.1, -0.05) is 0 Å². The molecule has 0 heterocycles. The molecule has 0 aromatic heterocycles. The monoisotopic (exact) mass is 225 g/mol. The molecule has 0 N–H and O–H groups in total. The molecule has 0 saturated heterocycles. The van der Waals surface area contributed by atoms with E-state index >= 15 is 0 Å². The van der Waals surface area contributed by atoms with Gasteiger partial charge < -0.3 is 4.74 Å². The van der Waals surface area contributed by atoms with Gasteiger partial charge in [0.15, 0.2) is 0 Å². The van der Waals surface area contributed by atoms with Crippen LogP contribution >= 0.6 is 0 Å². The first-order chi connectivity index (χ1) is 6.91. The van der Waals surface area contributed by atoms with Gasteiger partial charge in [-0.25, -0.2) is 8.78 Å². The Kier molecular flexibility index (Phi) is 2.78. The van der Waals surface area contributed by atoms with E-state index < -0.39 is 39.6 Å². The second-order valence-electron chi connectivity index (χ2n) is 2.39. The van der Waals surface area contributed by atoms with Crippen molar-refractivity contribution in [1.82, 2.24) is 0 Å². The van der Waals surface area contributed by atoms with Crippen molar-refractivity contribution >= 4 is 5.69 Å². The lowest BCUT2D eigenvalue weighted by molar-refractivity contribution is -0.389. The van der Waals surface area contributed by atoms with Crippen LogP contribution in [0.5, 0.6) is 5.75 Å². The quantitative estimate of drug-likeness (QED) is 0.255. The third-order valence-electron chi connectivity index (χ3n) is 1.59. The summed E-state index contributed by atoms with van der Waals surface area (Å²) in [7, 11) is 0.766. The van der Waals surface area contributed by atoms with Crippen LogP contribution < -0.4 is 4.74 Å². The minimum absolute atomic E-state index is 0.766. The van der Waals surface area contributed by atoms with Gasteiger partial charge in [0.1, 0.15) is 0 Å². The van der Waals surface area contributed by atoms with Crippen molar-refractivity contribution in [2.75, 3.05) is 7.11 Å². The zero-order chi connectivity index (χ0) is 11.7. The lowest BCUT2D eigenvalue weighted by Gasteiger charge is -2.05. The van der Waals surface area contributed by atoms with Crippen molar-refractivity contribution in [2.45, 2.75) is 0 Å². The SMILES string of the molecule is COc1c(F)c(F)c(F)c(F)c1[N+](=O)[O-]. The number of halogens is 4. The van der Waals surface area contributed by atoms with E-state index in [0.717, 1.165) is 7.11 Å². The Bertz CT molecular complexity index is 435. The molecule has 1 aromatic carbocycles. The van der Waals surface area contributed by atoms with E-state index in [2.05, 4.69) is 4.74 Å². The van der Waals surface area contributed by atoms with Crippen LogP contribution in [0.3, 0.4) is 0 Å². The molecule has 0 bridgehead atoms. The van der Waals surface area contributed by atoms with Crippen molar-refractivity contribution < 1.29 is 27.2 Å². The predicted molar refractivity (Wildman–Crippen MR) is 39.5 cm³/mol. The summed E-state index contributed by atoms with van der Waals surface area (Å²) >= 11 is 0. The van der Waals surface area contributed by atoms with Crippen molar-refractivity contribution in [3.05, 3.63) is 33.4 Å². The third-order valence-corrected chi connectivity index (χ3v) is 1.59. The molecule has 1 rings (SSSR count). The van der Waals surface area contributed by atoms with Gasteiger partial charge in [-0.3, -0.25) is 10.1 Å². The van der Waals surface area contributed by atoms with Crippen LogP contribution in [0.15, 0.2) is 0 Å². The summed E-state index contributed by atoms with van der Waals surface area (Å²) in [5.74, 6) is -9.73. The second-order valence-corrected chi connectivity index (χ2v) is 2.39. The standard InChI is InChI=1S/C7H3F4NO3/c1-15-7-5(11)3(9)2(8)4(10)6(7)12(13)14/h1H3. The van der Waals surface area contributed by atoms with Gasteiger partial charge in [0.2, 0.25) is 29.0 Å². The first-order valence-corrected chi connectivity index (χ1v) is 3.46. The summed E-state index contributed by atoms with van der Waals surface area (Å²) in [6, 6.07) is 0. The molecule has 15 heavy (non-hydrogen) atoms. The number of rotatable bonds is 2. The molecule has 0 amide bonds. The van der Waals surface area contributed by atoms with Crippen LogP contribution in [-0.4, -0.2) is 12.0 Å². The molecule has 0 fully saturated rings. The van der Waals surface area contributed by atoms with Gasteiger partial charge in [0.25, 0.3) is 0 Å². The molecule has 0 aliphatic carbocycles. The zero-order valence-electron chi connectivity index (χ0n) is 7.18. The summed E-state index contributed by atoms with van der Waals surface area (Å²) in [5, 5.41) is 10.2. The van der Waals surface area contributed by atoms with Crippen molar-refractivity contribution in [2.24, 2.45) is 0 Å². The molecule has 8 heteroatoms. The number of hydrogen-bond acceptors (Lipinski definition) is 3. The number of nitrogens with zero attached hydrogens (tertiary/aromatic N) is 1. The molecule has 0 aliphatic heterocycles. The Morgan fingerprint density at radius 3 is 1.93 bits per heavy atom. The molecule has 0 atom stereocenters. The third kappa shape index (κ3) is 1.58. The molecule has 4 nitrogen and oxygen atoms in total. The number of nitro benzene ring substituents is 1. The molecular formula is C7H3F4NO3. The van der Waals surface area contributed by atoms with Crippen LogP contribution in [0.2, 0.25) is 0 Å². The number of ether oxygens (including phenoxy) is 1. The van der Waals surface area contributed by atoms with E-state index in [0.29, 0.717) is 0 Å². The summed E-state index contributed by atoms with van der Waals surface area (Å²) < 4.78 is 54.9. The first kappa shape index (κ1) is 11.2. The highest BCUT2D eigenvalue weighted by atomic mass is 19.2. The summed E-state index contributed by atoms with van der Waals surface area (Å²) in [6.07, 6.45) is 0. The Hall–Kier alpha value is -1.86. The van der Waals surface area contributed by atoms with E-state index in [4.69, 9.17) is 0 Å². The zero-order valence-corrected chi connectivity index (χ0v) is 7.18. The van der Waals surface area contributed by atoms with E-state index in [1.54, 1.807) is 0 Å². The highest BCUT2D eigenvalue weighted by Crippen LogP contribution is 2.35. The van der Waals surface area contributed by atoms with E-state index in [-0.39, 0.29) is 0 Å². The summed E-state index contributed by atoms with van der Waals surface area (Å²) in [4.78, 5) is 8.84. The lowest BCUT2D eigenvalue weighted by atomic mass is 10.2. The van der Waals surface area contributed by atoms with Crippen molar-refractivity contribution in [3.63, 3.8) is 0 Å². The van der Waals surface area contributed by atoms with E-state index in [1.807, 2.05) is 0 Å². The summed E-state index contributed by atoms with van der Waals surface area (Å²) in [6.45, 7) is 0. The fraction of sp³-hybridized carbons (Fsp3) is 0.143. The normalized spacial score (nSPS) is 10.2. The van der Waals surface area contributed by atoms with Crippen molar-refractivity contribution in [3.8, 4) is 5.75 Å². The van der Waals surface area contributed by atoms with Gasteiger partial charge in [0, 0.05) is 0 Å². The Morgan fingerprint density at radius 2 is 1.53 bits per heavy atom. The molecular weight excluding hydrogens is 222 g/mol. The molecule has 82 valence electrons. The van der Waals surface area contributed by atoms with Gasteiger partial charge in [-0.2, -0.15) is 8.78 Å².